The molecule has 0 aliphatic carbocycles. The Morgan fingerprint density at radius 3 is 2.41 bits per heavy atom. The molecule has 8 nitrogen and oxygen atoms in total. The molecule has 1 aliphatic heterocycles. The topological polar surface area (TPSA) is 94.2 Å². The van der Waals surface area contributed by atoms with Crippen molar-refractivity contribution in [1.29, 1.82) is 0 Å². The molecule has 3 aromatic carbocycles. The van der Waals surface area contributed by atoms with Crippen molar-refractivity contribution in [3.8, 4) is 17.2 Å². The number of carbonyl (C=O) groups is 1. The predicted octanol–water partition coefficient (Wildman–Crippen LogP) is 2.99. The van der Waals surface area contributed by atoms with E-state index in [1.54, 1.807) is 79.9 Å². The molecule has 0 spiro atoms. The predicted molar refractivity (Wildman–Crippen MR) is 129 cm³/mol. The van der Waals surface area contributed by atoms with E-state index in [4.69, 9.17) is 14.2 Å². The minimum atomic E-state index is -3.74. The van der Waals surface area contributed by atoms with Gasteiger partial charge in [0.2, 0.25) is 10.0 Å². The lowest BCUT2D eigenvalue weighted by atomic mass is 10.2. The normalized spacial score (nSPS) is 15.1. The molecule has 1 amide bonds. The summed E-state index contributed by atoms with van der Waals surface area (Å²) in [5, 5.41) is 2.76. The summed E-state index contributed by atoms with van der Waals surface area (Å²) in [6.45, 7) is 0.373. The van der Waals surface area contributed by atoms with Crippen molar-refractivity contribution in [2.75, 3.05) is 31.1 Å². The maximum absolute atomic E-state index is 13.3. The van der Waals surface area contributed by atoms with Gasteiger partial charge < -0.3 is 19.5 Å². The maximum Gasteiger partial charge on any atom is 0.263 e. The number of nitrogens with one attached hydrogen (secondary N) is 1. The summed E-state index contributed by atoms with van der Waals surface area (Å²) in [6, 6.07) is 22.9. The largest absolute Gasteiger partial charge is 0.497 e. The third-order valence-corrected chi connectivity index (χ3v) is 7.00. The molecule has 0 saturated carbocycles. The smallest absolute Gasteiger partial charge is 0.263 e. The van der Waals surface area contributed by atoms with Gasteiger partial charge in [-0.25, -0.2) is 8.42 Å². The van der Waals surface area contributed by atoms with Crippen LogP contribution < -0.4 is 23.8 Å². The average Bonchev–Trinajstić information content (AvgIpc) is 2.86. The van der Waals surface area contributed by atoms with Crippen LogP contribution in [0, 0.1) is 0 Å². The van der Waals surface area contributed by atoms with Crippen LogP contribution in [0.25, 0.3) is 0 Å². The fourth-order valence-corrected chi connectivity index (χ4v) is 5.18. The second-order valence-electron chi connectivity index (χ2n) is 7.66. The second kappa shape index (κ2) is 10.5. The van der Waals surface area contributed by atoms with Crippen molar-refractivity contribution >= 4 is 21.6 Å². The van der Waals surface area contributed by atoms with Gasteiger partial charge in [0, 0.05) is 0 Å². The first-order valence-electron chi connectivity index (χ1n) is 10.8. The molecule has 1 aliphatic rings. The number of amides is 1. The van der Waals surface area contributed by atoms with E-state index < -0.39 is 22.0 Å². The Hall–Kier alpha value is -3.72. The van der Waals surface area contributed by atoms with Crippen molar-refractivity contribution in [3.05, 3.63) is 84.4 Å². The number of ether oxygens (including phenoxy) is 3. The van der Waals surface area contributed by atoms with Gasteiger partial charge in [0.1, 0.15) is 23.9 Å². The molecule has 34 heavy (non-hydrogen) atoms. The van der Waals surface area contributed by atoms with Crippen LogP contribution in [-0.4, -0.2) is 47.2 Å². The van der Waals surface area contributed by atoms with Crippen LogP contribution in [0.4, 0.5) is 5.69 Å². The first-order chi connectivity index (χ1) is 16.5. The lowest BCUT2D eigenvalue weighted by molar-refractivity contribution is -0.127. The van der Waals surface area contributed by atoms with Crippen molar-refractivity contribution < 1.29 is 27.4 Å². The lowest BCUT2D eigenvalue weighted by Gasteiger charge is -2.34. The summed E-state index contributed by atoms with van der Waals surface area (Å²) in [5.74, 6) is 1.14. The van der Waals surface area contributed by atoms with Crippen molar-refractivity contribution in [2.24, 2.45) is 0 Å². The Kier molecular flexibility index (Phi) is 7.22. The maximum atomic E-state index is 13.3. The van der Waals surface area contributed by atoms with Gasteiger partial charge in [-0.3, -0.25) is 9.10 Å². The Bertz CT molecular complexity index is 1220. The number of hydrogen-bond acceptors (Lipinski definition) is 6. The molecule has 0 saturated heterocycles. The van der Waals surface area contributed by atoms with E-state index in [1.807, 2.05) is 6.07 Å². The van der Waals surface area contributed by atoms with E-state index in [-0.39, 0.29) is 25.4 Å². The van der Waals surface area contributed by atoms with Crippen molar-refractivity contribution in [2.45, 2.75) is 11.9 Å². The number of sulfonamides is 1. The van der Waals surface area contributed by atoms with Gasteiger partial charge >= 0.3 is 0 Å². The number of nitrogens with zero attached hydrogens (tertiary/aromatic N) is 1. The molecule has 4 rings (SSSR count). The van der Waals surface area contributed by atoms with Gasteiger partial charge in [0.05, 0.1) is 31.6 Å². The van der Waals surface area contributed by atoms with E-state index in [9.17, 15) is 13.2 Å². The van der Waals surface area contributed by atoms with Gasteiger partial charge in [0.15, 0.2) is 6.10 Å². The average molecular weight is 483 g/mol. The summed E-state index contributed by atoms with van der Waals surface area (Å²) in [5.41, 5.74) is 1.09. The molecule has 1 atom stereocenters. The molecule has 0 unspecified atom stereocenters. The zero-order valence-corrected chi connectivity index (χ0v) is 19.5. The number of rotatable bonds is 9. The SMILES string of the molecule is COc1ccc(OCCNC(=O)[C@H]2CN(S(=O)(=O)Cc3ccccc3)c3ccccc3O2)cc1. The molecule has 178 valence electrons. The molecular weight excluding hydrogens is 456 g/mol. The zero-order chi connectivity index (χ0) is 24.0. The molecule has 0 aromatic heterocycles. The van der Waals surface area contributed by atoms with E-state index in [1.165, 1.54) is 4.31 Å². The number of fused-ring (bicyclic) bond motifs is 1. The van der Waals surface area contributed by atoms with Crippen LogP contribution in [0.2, 0.25) is 0 Å². The highest BCUT2D eigenvalue weighted by atomic mass is 32.2. The summed E-state index contributed by atoms with van der Waals surface area (Å²) in [6.07, 6.45) is -0.985. The first-order valence-corrected chi connectivity index (χ1v) is 12.4. The molecule has 1 heterocycles. The number of anilines is 1. The molecule has 0 fully saturated rings. The van der Waals surface area contributed by atoms with Gasteiger partial charge in [-0.1, -0.05) is 42.5 Å². The standard InChI is InChI=1S/C25H26N2O6S/c1-31-20-11-13-21(14-12-20)32-16-15-26-25(28)24-17-27(22-9-5-6-10-23(22)33-24)34(29,30)18-19-7-3-2-4-8-19/h2-14,24H,15-18H2,1H3,(H,26,28)/t24-/m1/s1. The number of benzene rings is 3. The second-order valence-corrected chi connectivity index (χ2v) is 9.56. The Balaban J connectivity index is 1.40. The quantitative estimate of drug-likeness (QED) is 0.472. The summed E-state index contributed by atoms with van der Waals surface area (Å²) in [7, 11) is -2.16. The van der Waals surface area contributed by atoms with Crippen LogP contribution in [0.15, 0.2) is 78.9 Å². The zero-order valence-electron chi connectivity index (χ0n) is 18.7. The summed E-state index contributed by atoms with van der Waals surface area (Å²) >= 11 is 0. The van der Waals surface area contributed by atoms with E-state index in [2.05, 4.69) is 5.32 Å². The molecule has 0 radical (unpaired) electrons. The highest BCUT2D eigenvalue weighted by molar-refractivity contribution is 7.92. The summed E-state index contributed by atoms with van der Waals surface area (Å²) < 4.78 is 44.4. The molecule has 0 bridgehead atoms. The number of para-hydroxylation sites is 2. The van der Waals surface area contributed by atoms with Gasteiger partial charge in [-0.2, -0.15) is 0 Å². The van der Waals surface area contributed by atoms with E-state index >= 15 is 0 Å². The molecule has 3 aromatic rings. The van der Waals surface area contributed by atoms with Crippen LogP contribution in [0.3, 0.4) is 0 Å². The third-order valence-electron chi connectivity index (χ3n) is 5.28. The number of hydrogen-bond donors (Lipinski definition) is 1. The van der Waals surface area contributed by atoms with E-state index in [0.29, 0.717) is 22.7 Å². The van der Waals surface area contributed by atoms with Crippen molar-refractivity contribution in [3.63, 3.8) is 0 Å². The van der Waals surface area contributed by atoms with Crippen molar-refractivity contribution in [1.82, 2.24) is 5.32 Å². The molecule has 9 heteroatoms. The van der Waals surface area contributed by atoms with Crippen LogP contribution in [0.1, 0.15) is 5.56 Å². The monoisotopic (exact) mass is 482 g/mol. The minimum Gasteiger partial charge on any atom is -0.497 e. The number of methoxy groups -OCH3 is 1. The Morgan fingerprint density at radius 1 is 1.00 bits per heavy atom. The third kappa shape index (κ3) is 5.60. The fraction of sp³-hybridized carbons (Fsp3) is 0.240. The Labute approximate surface area is 199 Å². The molecule has 1 N–H and O–H groups in total. The first kappa shape index (κ1) is 23.4. The van der Waals surface area contributed by atoms with Crippen LogP contribution >= 0.6 is 0 Å². The number of carbonyl (C=O) groups excluding carboxylic acids is 1. The lowest BCUT2D eigenvalue weighted by Crippen LogP contribution is -2.51. The highest BCUT2D eigenvalue weighted by Gasteiger charge is 2.36. The summed E-state index contributed by atoms with van der Waals surface area (Å²) in [4.78, 5) is 12.8. The minimum absolute atomic E-state index is 0.114. The van der Waals surface area contributed by atoms with Gasteiger partial charge in [-0.15, -0.1) is 0 Å². The van der Waals surface area contributed by atoms with Crippen LogP contribution in [-0.2, 0) is 20.6 Å². The highest BCUT2D eigenvalue weighted by Crippen LogP contribution is 2.35. The van der Waals surface area contributed by atoms with Gasteiger partial charge in [-0.05, 0) is 42.0 Å². The Morgan fingerprint density at radius 2 is 1.68 bits per heavy atom. The van der Waals surface area contributed by atoms with Gasteiger partial charge in [0.25, 0.3) is 5.91 Å². The fourth-order valence-electron chi connectivity index (χ4n) is 3.59. The van der Waals surface area contributed by atoms with Crippen LogP contribution in [0.5, 0.6) is 17.2 Å². The van der Waals surface area contributed by atoms with E-state index in [0.717, 1.165) is 5.75 Å². The molecular formula is C25H26N2O6S.